The van der Waals surface area contributed by atoms with Crippen molar-refractivity contribution in [2.45, 2.75) is 31.0 Å². The second-order valence-corrected chi connectivity index (χ2v) is 8.69. The summed E-state index contributed by atoms with van der Waals surface area (Å²) >= 11 is 6.68. The van der Waals surface area contributed by atoms with E-state index in [0.717, 1.165) is 12.8 Å². The number of nitriles is 2. The van der Waals surface area contributed by atoms with Crippen LogP contribution in [0.1, 0.15) is 24.1 Å². The van der Waals surface area contributed by atoms with Gasteiger partial charge in [0.2, 0.25) is 5.95 Å². The van der Waals surface area contributed by atoms with E-state index in [4.69, 9.17) is 16.7 Å². The van der Waals surface area contributed by atoms with Crippen LogP contribution in [0.2, 0.25) is 5.02 Å². The first-order valence-corrected chi connectivity index (χ1v) is 11.1. The molecule has 2 aromatic heterocycles. The molecule has 1 aromatic carbocycles. The molecule has 35 heavy (non-hydrogen) atoms. The lowest BCUT2D eigenvalue weighted by atomic mass is 10.1. The van der Waals surface area contributed by atoms with Crippen molar-refractivity contribution in [1.82, 2.24) is 24.9 Å². The number of anilines is 4. The summed E-state index contributed by atoms with van der Waals surface area (Å²) in [6.45, 7) is 0.289. The molecule has 3 aromatic rings. The van der Waals surface area contributed by atoms with Gasteiger partial charge in [0.25, 0.3) is 0 Å². The molecule has 2 atom stereocenters. The van der Waals surface area contributed by atoms with Crippen LogP contribution in [0.3, 0.4) is 0 Å². The van der Waals surface area contributed by atoms with E-state index in [2.05, 4.69) is 37.1 Å². The van der Waals surface area contributed by atoms with Crippen LogP contribution in [-0.4, -0.2) is 67.2 Å². The largest absolute Gasteiger partial charge is 0.465 e. The average Bonchev–Trinajstić information content (AvgIpc) is 3.43. The quantitative estimate of drug-likeness (QED) is 0.335. The van der Waals surface area contributed by atoms with Crippen LogP contribution in [0.5, 0.6) is 0 Å². The highest BCUT2D eigenvalue weighted by atomic mass is 35.5. The number of carboxylic acid groups (broad SMARTS) is 1. The number of nitrogens with one attached hydrogen (secondary N) is 3. The predicted octanol–water partition coefficient (Wildman–Crippen LogP) is 1.66. The summed E-state index contributed by atoms with van der Waals surface area (Å²) in [5.74, 6) is 0.592. The summed E-state index contributed by atoms with van der Waals surface area (Å²) in [5.41, 5.74) is 1.71. The topological polar surface area (TPSA) is 188 Å². The Labute approximate surface area is 203 Å². The normalized spacial score (nSPS) is 19.3. The molecule has 0 spiro atoms. The number of aliphatic hydroxyl groups excluding tert-OH is 1. The molecule has 5 N–H and O–H groups in total. The lowest BCUT2D eigenvalue weighted by Gasteiger charge is -2.22. The zero-order valence-corrected chi connectivity index (χ0v) is 18.9. The van der Waals surface area contributed by atoms with E-state index >= 15 is 0 Å². The Morgan fingerprint density at radius 1 is 1.23 bits per heavy atom. The van der Waals surface area contributed by atoms with Crippen LogP contribution in [0.25, 0.3) is 5.65 Å². The number of halogens is 1. The van der Waals surface area contributed by atoms with Gasteiger partial charge < -0.3 is 31.1 Å². The van der Waals surface area contributed by atoms with E-state index < -0.39 is 18.2 Å². The fourth-order valence-corrected chi connectivity index (χ4v) is 4.20. The number of rotatable bonds is 6. The van der Waals surface area contributed by atoms with Gasteiger partial charge in [0.05, 0.1) is 46.4 Å². The Kier molecular flexibility index (Phi) is 5.64. The molecule has 178 valence electrons. The Morgan fingerprint density at radius 3 is 2.71 bits per heavy atom. The molecule has 0 radical (unpaired) electrons. The molecule has 1 saturated heterocycles. The molecular weight excluding hydrogens is 476 g/mol. The highest BCUT2D eigenvalue weighted by molar-refractivity contribution is 6.36. The lowest BCUT2D eigenvalue weighted by Crippen LogP contribution is -2.42. The number of carbonyl (C=O) groups is 1. The first kappa shape index (κ1) is 22.5. The molecule has 2 aliphatic rings. The molecule has 5 rings (SSSR count). The summed E-state index contributed by atoms with van der Waals surface area (Å²) in [6, 6.07) is 6.78. The van der Waals surface area contributed by atoms with Crippen molar-refractivity contribution >= 4 is 46.5 Å². The minimum Gasteiger partial charge on any atom is -0.465 e. The molecule has 1 amide bonds. The van der Waals surface area contributed by atoms with Crippen molar-refractivity contribution in [3.05, 3.63) is 34.6 Å². The lowest BCUT2D eigenvalue weighted by molar-refractivity contribution is 0.148. The van der Waals surface area contributed by atoms with Gasteiger partial charge in [-0.15, -0.1) is 5.10 Å². The molecule has 1 aliphatic carbocycles. The van der Waals surface area contributed by atoms with E-state index in [1.54, 1.807) is 11.0 Å². The summed E-state index contributed by atoms with van der Waals surface area (Å²) < 4.78 is 1.38. The summed E-state index contributed by atoms with van der Waals surface area (Å²) in [5, 5.41) is 51.5. The molecule has 3 heterocycles. The maximum absolute atomic E-state index is 11.0. The highest BCUT2D eigenvalue weighted by Crippen LogP contribution is 2.37. The molecule has 13 nitrogen and oxygen atoms in total. The van der Waals surface area contributed by atoms with Crippen molar-refractivity contribution in [2.75, 3.05) is 28.6 Å². The summed E-state index contributed by atoms with van der Waals surface area (Å²) in [7, 11) is 0. The minimum absolute atomic E-state index is 0.122. The van der Waals surface area contributed by atoms with Gasteiger partial charge in [0.1, 0.15) is 6.07 Å². The SMILES string of the molecule is N#Cc1cc(Nc2nc(NC3CC3)c3ncc(C#N)n3n2)c(Cl)c(N2C[C@H](O)[C@H](NC(=O)O)C2)c1. The molecule has 0 bridgehead atoms. The third-order valence-electron chi connectivity index (χ3n) is 5.76. The Morgan fingerprint density at radius 2 is 2.03 bits per heavy atom. The Balaban J connectivity index is 1.51. The summed E-state index contributed by atoms with van der Waals surface area (Å²) in [6.07, 6.45) is 1.23. The number of fused-ring (bicyclic) bond motifs is 1. The molecule has 1 aliphatic heterocycles. The molecule has 14 heteroatoms. The van der Waals surface area contributed by atoms with Gasteiger partial charge >= 0.3 is 6.09 Å². The van der Waals surface area contributed by atoms with Gasteiger partial charge in [-0.25, -0.2) is 9.78 Å². The van der Waals surface area contributed by atoms with Crippen molar-refractivity contribution in [3.8, 4) is 12.1 Å². The Bertz CT molecular complexity index is 1410. The molecule has 1 saturated carbocycles. The van der Waals surface area contributed by atoms with E-state index in [-0.39, 0.29) is 41.4 Å². The minimum atomic E-state index is -1.24. The molecule has 0 unspecified atom stereocenters. The van der Waals surface area contributed by atoms with Gasteiger partial charge in [-0.3, -0.25) is 0 Å². The van der Waals surface area contributed by atoms with Crippen LogP contribution in [0.15, 0.2) is 18.3 Å². The maximum atomic E-state index is 11.0. The average molecular weight is 495 g/mol. The Hall–Kier alpha value is -4.33. The fourth-order valence-electron chi connectivity index (χ4n) is 3.93. The van der Waals surface area contributed by atoms with Gasteiger partial charge in [-0.2, -0.15) is 20.0 Å². The number of hydrogen-bond acceptors (Lipinski definition) is 10. The number of nitrogens with zero attached hydrogens (tertiary/aromatic N) is 7. The summed E-state index contributed by atoms with van der Waals surface area (Å²) in [4.78, 5) is 21.5. The smallest absolute Gasteiger partial charge is 0.405 e. The number of β-amino-alcohol motifs (C(OH)–C–C–N with tert-alkyl or cyclic N) is 1. The standard InChI is InChI=1S/C21H19ClN10O3/c22-17-13(3-10(5-23)4-15(17)31-8-14(16(33)9-31)28-21(34)35)27-20-29-18(26-11-1-2-11)19-25-7-12(6-24)32(19)30-20/h3-4,7,11,14,16,28,33H,1-2,8-9H2,(H,34,35)(H2,26,27,29,30)/t14-,16+/m1/s1. The van der Waals surface area contributed by atoms with E-state index in [9.17, 15) is 20.4 Å². The number of amides is 1. The number of aliphatic hydroxyl groups is 1. The molecule has 2 fully saturated rings. The van der Waals surface area contributed by atoms with E-state index in [1.165, 1.54) is 16.8 Å². The van der Waals surface area contributed by atoms with Crippen LogP contribution in [0, 0.1) is 22.7 Å². The van der Waals surface area contributed by atoms with E-state index in [0.29, 0.717) is 22.8 Å². The van der Waals surface area contributed by atoms with Gasteiger partial charge in [-0.1, -0.05) is 11.6 Å². The number of imidazole rings is 1. The second kappa shape index (κ2) is 8.79. The maximum Gasteiger partial charge on any atom is 0.405 e. The molecular formula is C21H19ClN10O3. The van der Waals surface area contributed by atoms with Gasteiger partial charge in [0, 0.05) is 19.1 Å². The fraction of sp³-hybridized carbons (Fsp3) is 0.333. The van der Waals surface area contributed by atoms with Gasteiger partial charge in [0.15, 0.2) is 17.2 Å². The van der Waals surface area contributed by atoms with Crippen LogP contribution < -0.4 is 20.9 Å². The van der Waals surface area contributed by atoms with Crippen LogP contribution >= 0.6 is 11.6 Å². The third kappa shape index (κ3) is 4.42. The highest BCUT2D eigenvalue weighted by Gasteiger charge is 2.34. The van der Waals surface area contributed by atoms with Crippen molar-refractivity contribution < 1.29 is 15.0 Å². The zero-order chi connectivity index (χ0) is 24.7. The number of benzene rings is 1. The van der Waals surface area contributed by atoms with Crippen molar-refractivity contribution in [1.29, 1.82) is 10.5 Å². The predicted molar refractivity (Wildman–Crippen MR) is 125 cm³/mol. The second-order valence-electron chi connectivity index (χ2n) is 8.32. The van der Waals surface area contributed by atoms with Crippen LogP contribution in [0.4, 0.5) is 27.9 Å². The van der Waals surface area contributed by atoms with Crippen molar-refractivity contribution in [2.24, 2.45) is 0 Å². The zero-order valence-electron chi connectivity index (χ0n) is 18.1. The van der Waals surface area contributed by atoms with Crippen molar-refractivity contribution in [3.63, 3.8) is 0 Å². The van der Waals surface area contributed by atoms with Gasteiger partial charge in [-0.05, 0) is 25.0 Å². The monoisotopic (exact) mass is 494 g/mol. The number of aromatic nitrogens is 4. The van der Waals surface area contributed by atoms with Crippen LogP contribution in [-0.2, 0) is 0 Å². The third-order valence-corrected chi connectivity index (χ3v) is 6.16. The first-order chi connectivity index (χ1) is 16.9. The van der Waals surface area contributed by atoms with E-state index in [1.807, 2.05) is 6.07 Å². The number of hydrogen-bond donors (Lipinski definition) is 5. The first-order valence-electron chi connectivity index (χ1n) is 10.7.